The molecule has 0 spiro atoms. The van der Waals surface area contributed by atoms with Gasteiger partial charge in [0.15, 0.2) is 0 Å². The van der Waals surface area contributed by atoms with E-state index in [9.17, 15) is 9.59 Å². The van der Waals surface area contributed by atoms with Crippen LogP contribution >= 0.6 is 0 Å². The van der Waals surface area contributed by atoms with Gasteiger partial charge < -0.3 is 14.2 Å². The number of carbonyl (C=O) groups excluding carboxylic acids is 2. The predicted molar refractivity (Wildman–Crippen MR) is 84.4 cm³/mol. The molecule has 0 aliphatic carbocycles. The molecule has 1 atom stereocenters. The van der Waals surface area contributed by atoms with Crippen LogP contribution in [0.5, 0.6) is 0 Å². The number of amides is 1. The topological polar surface area (TPSA) is 65.1 Å². The number of hydrogen-bond acceptors (Lipinski definition) is 5. The summed E-state index contributed by atoms with van der Waals surface area (Å²) >= 11 is 0. The Labute approximate surface area is 134 Å². The Morgan fingerprint density at radius 1 is 1.09 bits per heavy atom. The van der Waals surface area contributed by atoms with E-state index in [0.29, 0.717) is 6.42 Å². The van der Waals surface area contributed by atoms with Crippen LogP contribution in [0.3, 0.4) is 0 Å². The van der Waals surface area contributed by atoms with Gasteiger partial charge in [-0.3, -0.25) is 4.90 Å². The van der Waals surface area contributed by atoms with E-state index in [1.807, 2.05) is 13.8 Å². The smallest absolute Gasteiger partial charge is 0.412 e. The Morgan fingerprint density at radius 2 is 1.64 bits per heavy atom. The summed E-state index contributed by atoms with van der Waals surface area (Å²) in [6.45, 7) is 12.8. The number of hydrogen-bond donors (Lipinski definition) is 0. The second kappa shape index (κ2) is 8.98. The van der Waals surface area contributed by atoms with Crippen molar-refractivity contribution in [3.63, 3.8) is 0 Å². The first-order chi connectivity index (χ1) is 9.97. The first kappa shape index (κ1) is 20.7. The van der Waals surface area contributed by atoms with Crippen LogP contribution in [0.25, 0.3) is 0 Å². The number of ether oxygens (including phenoxy) is 3. The van der Waals surface area contributed by atoms with Crippen molar-refractivity contribution < 1.29 is 23.8 Å². The van der Waals surface area contributed by atoms with Crippen molar-refractivity contribution in [1.82, 2.24) is 4.90 Å². The zero-order chi connectivity index (χ0) is 17.5. The van der Waals surface area contributed by atoms with Gasteiger partial charge in [-0.05, 0) is 47.0 Å². The Morgan fingerprint density at radius 3 is 2.00 bits per heavy atom. The summed E-state index contributed by atoms with van der Waals surface area (Å²) in [7, 11) is 1.47. The lowest BCUT2D eigenvalue weighted by atomic mass is 10.0. The number of esters is 1. The minimum atomic E-state index is -0.725. The van der Waals surface area contributed by atoms with Gasteiger partial charge in [0.2, 0.25) is 0 Å². The molecule has 6 nitrogen and oxygen atoms in total. The average molecular weight is 317 g/mol. The van der Waals surface area contributed by atoms with Crippen LogP contribution in [0.2, 0.25) is 0 Å². The average Bonchev–Trinajstić information content (AvgIpc) is 2.29. The van der Waals surface area contributed by atoms with Crippen molar-refractivity contribution in [2.75, 3.05) is 13.8 Å². The zero-order valence-electron chi connectivity index (χ0n) is 15.1. The van der Waals surface area contributed by atoms with E-state index in [-0.39, 0.29) is 18.8 Å². The maximum atomic E-state index is 12.4. The van der Waals surface area contributed by atoms with Crippen molar-refractivity contribution in [3.05, 3.63) is 0 Å². The minimum absolute atomic E-state index is 0.0283. The predicted octanol–water partition coefficient (Wildman–Crippen LogP) is 3.19. The standard InChI is InChI=1S/C16H31NO5/c1-11(2)9-13(14(18)21-12(3)4)17(10-20-8)15(19)22-16(5,6)7/h11-13H,9-10H2,1-8H3/t13-/m0/s1. The Bertz CT molecular complexity index is 360. The lowest BCUT2D eigenvalue weighted by Gasteiger charge is -2.32. The third kappa shape index (κ3) is 8.22. The van der Waals surface area contributed by atoms with Crippen molar-refractivity contribution in [2.24, 2.45) is 5.92 Å². The summed E-state index contributed by atoms with van der Waals surface area (Å²) in [5.74, 6) is -0.224. The molecule has 0 aliphatic heterocycles. The number of carbonyl (C=O) groups is 2. The van der Waals surface area contributed by atoms with Crippen molar-refractivity contribution in [1.29, 1.82) is 0 Å². The van der Waals surface area contributed by atoms with Crippen LogP contribution in [-0.2, 0) is 19.0 Å². The van der Waals surface area contributed by atoms with Gasteiger partial charge in [0, 0.05) is 7.11 Å². The van der Waals surface area contributed by atoms with Gasteiger partial charge in [0.1, 0.15) is 18.4 Å². The van der Waals surface area contributed by atoms with Crippen LogP contribution in [-0.4, -0.2) is 48.5 Å². The van der Waals surface area contributed by atoms with E-state index in [1.54, 1.807) is 34.6 Å². The normalized spacial score (nSPS) is 13.2. The third-order valence-electron chi connectivity index (χ3n) is 2.59. The highest BCUT2D eigenvalue weighted by Gasteiger charge is 2.34. The summed E-state index contributed by atoms with van der Waals surface area (Å²) in [6.07, 6.45) is -0.348. The number of rotatable bonds is 7. The second-order valence-electron chi connectivity index (χ2n) is 7.00. The van der Waals surface area contributed by atoms with Gasteiger partial charge in [-0.2, -0.15) is 0 Å². The molecule has 0 aromatic carbocycles. The summed E-state index contributed by atoms with van der Waals surface area (Å²) in [5, 5.41) is 0. The van der Waals surface area contributed by atoms with Gasteiger partial charge in [0.05, 0.1) is 6.10 Å². The SMILES string of the molecule is COCN(C(=O)OC(C)(C)C)[C@@H](CC(C)C)C(=O)OC(C)C. The van der Waals surface area contributed by atoms with Crippen molar-refractivity contribution >= 4 is 12.1 Å². The molecule has 0 fully saturated rings. The van der Waals surface area contributed by atoms with Crippen molar-refractivity contribution in [3.8, 4) is 0 Å². The highest BCUT2D eigenvalue weighted by molar-refractivity contribution is 5.81. The first-order valence-electron chi connectivity index (χ1n) is 7.67. The fourth-order valence-corrected chi connectivity index (χ4v) is 1.84. The van der Waals surface area contributed by atoms with Gasteiger partial charge in [-0.15, -0.1) is 0 Å². The van der Waals surface area contributed by atoms with Crippen LogP contribution in [0.1, 0.15) is 54.9 Å². The number of nitrogens with zero attached hydrogens (tertiary/aromatic N) is 1. The molecular formula is C16H31NO5. The molecule has 22 heavy (non-hydrogen) atoms. The lowest BCUT2D eigenvalue weighted by Crippen LogP contribution is -2.49. The quantitative estimate of drug-likeness (QED) is 0.533. The summed E-state index contributed by atoms with van der Waals surface area (Å²) in [4.78, 5) is 26.0. The third-order valence-corrected chi connectivity index (χ3v) is 2.59. The zero-order valence-corrected chi connectivity index (χ0v) is 15.1. The Hall–Kier alpha value is -1.30. The van der Waals surface area contributed by atoms with Gasteiger partial charge in [-0.25, -0.2) is 9.59 Å². The van der Waals surface area contributed by atoms with Crippen LogP contribution in [0.4, 0.5) is 4.79 Å². The van der Waals surface area contributed by atoms with E-state index in [1.165, 1.54) is 12.0 Å². The van der Waals surface area contributed by atoms with Gasteiger partial charge >= 0.3 is 12.1 Å². The van der Waals surface area contributed by atoms with Crippen molar-refractivity contribution in [2.45, 2.75) is 72.6 Å². The molecule has 130 valence electrons. The second-order valence-corrected chi connectivity index (χ2v) is 7.00. The van der Waals surface area contributed by atoms with E-state index < -0.39 is 23.7 Å². The fourth-order valence-electron chi connectivity index (χ4n) is 1.84. The largest absolute Gasteiger partial charge is 0.461 e. The molecule has 0 saturated heterocycles. The van der Waals surface area contributed by atoms with Crippen LogP contribution < -0.4 is 0 Å². The Balaban J connectivity index is 5.28. The van der Waals surface area contributed by atoms with Gasteiger partial charge in [-0.1, -0.05) is 13.8 Å². The first-order valence-corrected chi connectivity index (χ1v) is 7.67. The van der Waals surface area contributed by atoms with Crippen LogP contribution in [0, 0.1) is 5.92 Å². The molecule has 0 aromatic heterocycles. The molecule has 0 N–H and O–H groups in total. The highest BCUT2D eigenvalue weighted by atomic mass is 16.6. The molecule has 0 bridgehead atoms. The molecule has 1 amide bonds. The molecule has 0 aromatic rings. The summed E-state index contributed by atoms with van der Waals surface area (Å²) in [6, 6.07) is -0.725. The summed E-state index contributed by atoms with van der Waals surface area (Å²) < 4.78 is 15.7. The maximum absolute atomic E-state index is 12.4. The molecule has 0 aliphatic rings. The van der Waals surface area contributed by atoms with E-state index in [2.05, 4.69) is 0 Å². The van der Waals surface area contributed by atoms with Crippen LogP contribution in [0.15, 0.2) is 0 Å². The van der Waals surface area contributed by atoms with Gasteiger partial charge in [0.25, 0.3) is 0 Å². The molecule has 0 saturated carbocycles. The monoisotopic (exact) mass is 317 g/mol. The molecular weight excluding hydrogens is 286 g/mol. The molecule has 0 radical (unpaired) electrons. The molecule has 0 rings (SSSR count). The summed E-state index contributed by atoms with van der Waals surface area (Å²) in [5.41, 5.74) is -0.645. The Kier molecular flexibility index (Phi) is 8.45. The van der Waals surface area contributed by atoms with E-state index in [0.717, 1.165) is 0 Å². The maximum Gasteiger partial charge on any atom is 0.412 e. The fraction of sp³-hybridized carbons (Fsp3) is 0.875. The van der Waals surface area contributed by atoms with E-state index in [4.69, 9.17) is 14.2 Å². The van der Waals surface area contributed by atoms with E-state index >= 15 is 0 Å². The number of methoxy groups -OCH3 is 1. The highest BCUT2D eigenvalue weighted by Crippen LogP contribution is 2.18. The lowest BCUT2D eigenvalue weighted by molar-refractivity contribution is -0.156. The molecule has 0 unspecified atom stereocenters. The molecule has 0 heterocycles. The minimum Gasteiger partial charge on any atom is -0.461 e. The molecule has 6 heteroatoms.